The van der Waals surface area contributed by atoms with Crippen LogP contribution in [0.5, 0.6) is 0 Å². The van der Waals surface area contributed by atoms with Crippen molar-refractivity contribution in [3.8, 4) is 0 Å². The van der Waals surface area contributed by atoms with Gasteiger partial charge >= 0.3 is 0 Å². The summed E-state index contributed by atoms with van der Waals surface area (Å²) in [6.45, 7) is 2.24. The van der Waals surface area contributed by atoms with Gasteiger partial charge in [0.25, 0.3) is 5.91 Å². The Morgan fingerprint density at radius 2 is 2.26 bits per heavy atom. The zero-order chi connectivity index (χ0) is 16.2. The minimum Gasteiger partial charge on any atom is -0.459 e. The molecule has 7 heteroatoms. The molecule has 23 heavy (non-hydrogen) atoms. The van der Waals surface area contributed by atoms with Crippen molar-refractivity contribution in [1.82, 2.24) is 15.5 Å². The van der Waals surface area contributed by atoms with Crippen LogP contribution in [-0.4, -0.2) is 60.1 Å². The highest BCUT2D eigenvalue weighted by Crippen LogP contribution is 2.20. The van der Waals surface area contributed by atoms with Gasteiger partial charge in [0.1, 0.15) is 6.04 Å². The molecule has 0 aliphatic carbocycles. The Morgan fingerprint density at radius 3 is 2.96 bits per heavy atom. The number of likely N-dealkylation sites (tertiary alicyclic amines) is 1. The molecule has 1 aromatic heterocycles. The maximum atomic E-state index is 12.5. The van der Waals surface area contributed by atoms with Crippen molar-refractivity contribution in [2.75, 3.05) is 26.2 Å². The van der Waals surface area contributed by atoms with Gasteiger partial charge in [0.15, 0.2) is 5.76 Å². The van der Waals surface area contributed by atoms with Gasteiger partial charge in [0.05, 0.1) is 12.4 Å². The van der Waals surface area contributed by atoms with Crippen LogP contribution in [-0.2, 0) is 4.79 Å². The zero-order valence-electron chi connectivity index (χ0n) is 13.0. The van der Waals surface area contributed by atoms with Crippen LogP contribution in [0, 0.1) is 5.92 Å². The van der Waals surface area contributed by atoms with E-state index in [-0.39, 0.29) is 23.5 Å². The Labute approximate surface area is 135 Å². The van der Waals surface area contributed by atoms with E-state index >= 15 is 0 Å². The van der Waals surface area contributed by atoms with Crippen molar-refractivity contribution in [2.24, 2.45) is 5.92 Å². The predicted molar refractivity (Wildman–Crippen MR) is 82.8 cm³/mol. The summed E-state index contributed by atoms with van der Waals surface area (Å²) in [5, 5.41) is 15.8. The largest absolute Gasteiger partial charge is 0.459 e. The molecule has 0 spiro atoms. The van der Waals surface area contributed by atoms with E-state index in [9.17, 15) is 14.7 Å². The smallest absolute Gasteiger partial charge is 0.290 e. The molecule has 126 valence electrons. The van der Waals surface area contributed by atoms with Crippen molar-refractivity contribution in [3.63, 3.8) is 0 Å². The summed E-state index contributed by atoms with van der Waals surface area (Å²) in [6, 6.07) is 2.82. The molecule has 3 rings (SSSR count). The summed E-state index contributed by atoms with van der Waals surface area (Å²) < 4.78 is 5.17. The number of aliphatic hydroxyl groups excluding tert-OH is 1. The summed E-state index contributed by atoms with van der Waals surface area (Å²) in [4.78, 5) is 26.6. The molecular weight excluding hydrogens is 298 g/mol. The number of nitrogens with one attached hydrogen (secondary N) is 2. The highest BCUT2D eigenvalue weighted by molar-refractivity contribution is 5.95. The summed E-state index contributed by atoms with van der Waals surface area (Å²) in [5.74, 6) is -0.0991. The second-order valence-corrected chi connectivity index (χ2v) is 6.22. The Balaban J connectivity index is 1.61. The van der Waals surface area contributed by atoms with Crippen LogP contribution in [0.3, 0.4) is 0 Å². The lowest BCUT2D eigenvalue weighted by atomic mass is 10.00. The van der Waals surface area contributed by atoms with Crippen LogP contribution >= 0.6 is 0 Å². The molecule has 2 saturated heterocycles. The number of amides is 2. The van der Waals surface area contributed by atoms with E-state index in [2.05, 4.69) is 10.6 Å². The highest BCUT2D eigenvalue weighted by Gasteiger charge is 2.34. The molecular formula is C16H23N3O4. The van der Waals surface area contributed by atoms with E-state index in [1.54, 1.807) is 17.0 Å². The molecule has 2 aliphatic heterocycles. The quantitative estimate of drug-likeness (QED) is 0.724. The van der Waals surface area contributed by atoms with E-state index in [1.807, 2.05) is 0 Å². The van der Waals surface area contributed by atoms with E-state index in [1.165, 1.54) is 6.26 Å². The van der Waals surface area contributed by atoms with Crippen LogP contribution < -0.4 is 10.6 Å². The Bertz CT molecular complexity index is 546. The number of piperidine rings is 1. The lowest BCUT2D eigenvalue weighted by Crippen LogP contribution is -2.52. The first kappa shape index (κ1) is 16.0. The monoisotopic (exact) mass is 321 g/mol. The highest BCUT2D eigenvalue weighted by atomic mass is 16.3. The summed E-state index contributed by atoms with van der Waals surface area (Å²) >= 11 is 0. The molecule has 3 N–H and O–H groups in total. The fraction of sp³-hybridized carbons (Fsp3) is 0.625. The fourth-order valence-corrected chi connectivity index (χ4v) is 3.27. The minimum atomic E-state index is -0.465. The van der Waals surface area contributed by atoms with Crippen molar-refractivity contribution < 1.29 is 19.1 Å². The van der Waals surface area contributed by atoms with Crippen LogP contribution in [0.4, 0.5) is 0 Å². The average molecular weight is 321 g/mol. The van der Waals surface area contributed by atoms with Crippen LogP contribution in [0.25, 0.3) is 0 Å². The third-order valence-electron chi connectivity index (χ3n) is 4.64. The first-order chi connectivity index (χ1) is 11.2. The second kappa shape index (κ2) is 7.14. The van der Waals surface area contributed by atoms with Gasteiger partial charge in [-0.1, -0.05) is 0 Å². The van der Waals surface area contributed by atoms with Gasteiger partial charge in [-0.15, -0.1) is 0 Å². The maximum Gasteiger partial charge on any atom is 0.290 e. The van der Waals surface area contributed by atoms with Gasteiger partial charge in [-0.3, -0.25) is 9.59 Å². The first-order valence-electron chi connectivity index (χ1n) is 8.18. The summed E-state index contributed by atoms with van der Waals surface area (Å²) in [7, 11) is 0. The molecule has 0 saturated carbocycles. The van der Waals surface area contributed by atoms with Gasteiger partial charge in [-0.25, -0.2) is 0 Å². The molecule has 2 aliphatic rings. The molecule has 1 aromatic rings. The maximum absolute atomic E-state index is 12.5. The van der Waals surface area contributed by atoms with Gasteiger partial charge in [-0.2, -0.15) is 0 Å². The van der Waals surface area contributed by atoms with E-state index in [4.69, 9.17) is 4.42 Å². The third-order valence-corrected chi connectivity index (χ3v) is 4.64. The van der Waals surface area contributed by atoms with E-state index < -0.39 is 12.1 Å². The number of rotatable bonds is 4. The number of furan rings is 1. The normalized spacial score (nSPS) is 27.9. The standard InChI is InChI=1S/C16H23N3O4/c20-13-10-17-8-11(13)9-18-15(21)12-4-1-2-6-19(12)16(22)14-5-3-7-23-14/h3,5,7,11-13,17,20H,1-2,4,6,8-10H2,(H,18,21). The first-order valence-corrected chi connectivity index (χ1v) is 8.18. The van der Waals surface area contributed by atoms with Crippen LogP contribution in [0.15, 0.2) is 22.8 Å². The van der Waals surface area contributed by atoms with Gasteiger partial charge in [-0.05, 0) is 31.4 Å². The molecule has 3 unspecified atom stereocenters. The number of aliphatic hydroxyl groups is 1. The number of hydrogen-bond acceptors (Lipinski definition) is 5. The number of carbonyl (C=O) groups is 2. The number of β-amino-alcohol motifs (C(OH)–C–C–N with tert-alkyl or cyclic N) is 1. The molecule has 0 radical (unpaired) electrons. The SMILES string of the molecule is O=C(NCC1CNCC1O)C1CCCCN1C(=O)c1ccco1. The Morgan fingerprint density at radius 1 is 1.39 bits per heavy atom. The lowest BCUT2D eigenvalue weighted by Gasteiger charge is -2.34. The predicted octanol–water partition coefficient (Wildman–Crippen LogP) is -0.0292. The van der Waals surface area contributed by atoms with Crippen LogP contribution in [0.1, 0.15) is 29.8 Å². The number of carbonyl (C=O) groups excluding carboxylic acids is 2. The molecule has 0 bridgehead atoms. The zero-order valence-corrected chi connectivity index (χ0v) is 13.0. The lowest BCUT2D eigenvalue weighted by molar-refractivity contribution is -0.126. The molecule has 3 heterocycles. The van der Waals surface area contributed by atoms with Crippen molar-refractivity contribution >= 4 is 11.8 Å². The molecule has 7 nitrogen and oxygen atoms in total. The Hall–Kier alpha value is -1.86. The molecule has 0 aromatic carbocycles. The van der Waals surface area contributed by atoms with Gasteiger partial charge in [0.2, 0.25) is 5.91 Å². The second-order valence-electron chi connectivity index (χ2n) is 6.22. The average Bonchev–Trinajstić information content (AvgIpc) is 3.24. The third kappa shape index (κ3) is 3.56. The number of hydrogen-bond donors (Lipinski definition) is 3. The van der Waals surface area contributed by atoms with E-state index in [0.29, 0.717) is 32.6 Å². The number of nitrogens with zero attached hydrogens (tertiary/aromatic N) is 1. The topological polar surface area (TPSA) is 94.8 Å². The minimum absolute atomic E-state index is 0.0248. The van der Waals surface area contributed by atoms with Crippen molar-refractivity contribution in [1.29, 1.82) is 0 Å². The van der Waals surface area contributed by atoms with Gasteiger partial charge in [0, 0.05) is 32.1 Å². The molecule has 3 atom stereocenters. The summed E-state index contributed by atoms with van der Waals surface area (Å²) in [6.07, 6.45) is 3.50. The van der Waals surface area contributed by atoms with Gasteiger partial charge < -0.3 is 25.1 Å². The van der Waals surface area contributed by atoms with E-state index in [0.717, 1.165) is 12.8 Å². The summed E-state index contributed by atoms with van der Waals surface area (Å²) in [5.41, 5.74) is 0. The molecule has 2 fully saturated rings. The van der Waals surface area contributed by atoms with Crippen molar-refractivity contribution in [3.05, 3.63) is 24.2 Å². The fourth-order valence-electron chi connectivity index (χ4n) is 3.27. The molecule has 2 amide bonds. The van der Waals surface area contributed by atoms with Crippen molar-refractivity contribution in [2.45, 2.75) is 31.4 Å². The van der Waals surface area contributed by atoms with Crippen LogP contribution in [0.2, 0.25) is 0 Å². The Kier molecular flexibility index (Phi) is 4.97.